The van der Waals surface area contributed by atoms with Crippen LogP contribution < -0.4 is 10.6 Å². The maximum Gasteiger partial charge on any atom is 0.262 e. The van der Waals surface area contributed by atoms with Crippen molar-refractivity contribution in [2.45, 2.75) is 69.5 Å². The van der Waals surface area contributed by atoms with Crippen LogP contribution in [0.25, 0.3) is 22.3 Å². The van der Waals surface area contributed by atoms with Gasteiger partial charge in [-0.05, 0) is 56.6 Å². The fraction of sp³-hybridized carbons (Fsp3) is 0.475. The van der Waals surface area contributed by atoms with Crippen molar-refractivity contribution < 1.29 is 23.9 Å². The Kier molecular flexibility index (Phi) is 10.7. The Bertz CT molecular complexity index is 2000. The number of hydrogen-bond donors (Lipinski definition) is 2. The third-order valence-electron chi connectivity index (χ3n) is 11.4. The van der Waals surface area contributed by atoms with E-state index in [9.17, 15) is 19.2 Å². The number of amides is 4. The summed E-state index contributed by atoms with van der Waals surface area (Å²) in [4.78, 5) is 66.5. The number of ether oxygens (including phenoxy) is 1. The predicted octanol–water partition coefficient (Wildman–Crippen LogP) is 3.19. The zero-order valence-electron chi connectivity index (χ0n) is 30.5. The van der Waals surface area contributed by atoms with Gasteiger partial charge in [0.1, 0.15) is 18.1 Å². The molecule has 2 aromatic carbocycles. The molecule has 4 aromatic rings. The molecule has 2 saturated heterocycles. The van der Waals surface area contributed by atoms with E-state index in [1.807, 2.05) is 24.4 Å². The zero-order valence-corrected chi connectivity index (χ0v) is 30.5. The van der Waals surface area contributed by atoms with Gasteiger partial charge in [-0.15, -0.1) is 0 Å². The molecule has 14 heteroatoms. The number of fused-ring (bicyclic) bond motifs is 2. The van der Waals surface area contributed by atoms with Crippen molar-refractivity contribution in [3.63, 3.8) is 0 Å². The first-order valence-electron chi connectivity index (χ1n) is 19.3. The van der Waals surface area contributed by atoms with E-state index in [4.69, 9.17) is 9.84 Å². The fourth-order valence-corrected chi connectivity index (χ4v) is 8.53. The van der Waals surface area contributed by atoms with Gasteiger partial charge in [-0.1, -0.05) is 42.5 Å². The number of hydrogen-bond acceptors (Lipinski definition) is 10. The smallest absolute Gasteiger partial charge is 0.262 e. The van der Waals surface area contributed by atoms with Crippen molar-refractivity contribution in [2.24, 2.45) is 0 Å². The van der Waals surface area contributed by atoms with Crippen molar-refractivity contribution in [1.82, 2.24) is 45.1 Å². The molecule has 2 N–H and O–H groups in total. The summed E-state index contributed by atoms with van der Waals surface area (Å²) in [5.41, 5.74) is 4.18. The molecule has 8 rings (SSSR count). The lowest BCUT2D eigenvalue weighted by Crippen LogP contribution is -2.52. The van der Waals surface area contributed by atoms with Crippen LogP contribution in [-0.2, 0) is 20.7 Å². The number of aromatic nitrogens is 4. The second kappa shape index (κ2) is 16.1. The monoisotopic (exact) mass is 733 g/mol. The van der Waals surface area contributed by atoms with Gasteiger partial charge in [-0.25, -0.2) is 14.6 Å². The highest BCUT2D eigenvalue weighted by atomic mass is 16.5. The standard InChI is InChI=1S/C40H47N9O5/c50-34(16-11-27-8-4-9-31-35(27)40(53)48(39(31)52)33-10-5-17-43-38(33)51)42-18-23-54-26-46-19-21-47(22-20-46)29-12-14-30(15-13-29)49-37-32(24-41-25-44-37)36(45-49)28-6-2-1-3-7-28/h1-4,6-9,24-25,29-30,33H,5,10-23,26H2,(H,42,50)(H,43,51). The molecular weight excluding hydrogens is 686 g/mol. The van der Waals surface area contributed by atoms with E-state index in [0.717, 1.165) is 79.1 Å². The molecule has 0 spiro atoms. The number of aryl methyl sites for hydroxylation is 1. The van der Waals surface area contributed by atoms with E-state index in [-0.39, 0.29) is 18.2 Å². The van der Waals surface area contributed by atoms with Crippen LogP contribution >= 0.6 is 0 Å². The van der Waals surface area contributed by atoms with E-state index in [1.165, 1.54) is 0 Å². The molecule has 282 valence electrons. The number of imide groups is 1. The molecule has 0 radical (unpaired) electrons. The molecule has 1 unspecified atom stereocenters. The predicted molar refractivity (Wildman–Crippen MR) is 200 cm³/mol. The van der Waals surface area contributed by atoms with Crippen LogP contribution in [0.5, 0.6) is 0 Å². The number of rotatable bonds is 12. The highest BCUT2D eigenvalue weighted by Gasteiger charge is 2.44. The molecule has 3 fully saturated rings. The number of piperidine rings is 1. The third kappa shape index (κ3) is 7.37. The summed E-state index contributed by atoms with van der Waals surface area (Å²) in [6.45, 7) is 5.77. The van der Waals surface area contributed by atoms with Crippen molar-refractivity contribution in [3.8, 4) is 11.3 Å². The Labute approximate surface area is 314 Å². The minimum absolute atomic E-state index is 0.148. The lowest BCUT2D eigenvalue weighted by Gasteiger charge is -2.41. The molecule has 0 bridgehead atoms. The maximum atomic E-state index is 13.3. The Morgan fingerprint density at radius 3 is 2.50 bits per heavy atom. The summed E-state index contributed by atoms with van der Waals surface area (Å²) >= 11 is 0. The van der Waals surface area contributed by atoms with Crippen LogP contribution in [0.15, 0.2) is 61.1 Å². The second-order valence-electron chi connectivity index (χ2n) is 14.7. The minimum Gasteiger partial charge on any atom is -0.364 e. The van der Waals surface area contributed by atoms with Gasteiger partial charge in [-0.2, -0.15) is 5.10 Å². The van der Waals surface area contributed by atoms with E-state index in [0.29, 0.717) is 74.5 Å². The van der Waals surface area contributed by atoms with Gasteiger partial charge in [0, 0.05) is 63.5 Å². The first-order chi connectivity index (χ1) is 26.5. The average Bonchev–Trinajstić information content (AvgIpc) is 3.72. The molecule has 2 aromatic heterocycles. The Morgan fingerprint density at radius 1 is 0.907 bits per heavy atom. The van der Waals surface area contributed by atoms with Crippen LogP contribution in [0.4, 0.5) is 0 Å². The molecular formula is C40H47N9O5. The maximum absolute atomic E-state index is 13.3. The second-order valence-corrected chi connectivity index (χ2v) is 14.7. The van der Waals surface area contributed by atoms with E-state index < -0.39 is 17.9 Å². The van der Waals surface area contributed by atoms with Gasteiger partial charge in [0.2, 0.25) is 11.8 Å². The van der Waals surface area contributed by atoms with Gasteiger partial charge < -0.3 is 15.4 Å². The van der Waals surface area contributed by atoms with Crippen LogP contribution in [0, 0.1) is 0 Å². The number of benzene rings is 2. The Hall–Kier alpha value is -5.05. The van der Waals surface area contributed by atoms with Gasteiger partial charge in [0.25, 0.3) is 11.8 Å². The molecule has 3 aliphatic heterocycles. The Morgan fingerprint density at radius 2 is 1.70 bits per heavy atom. The lowest BCUT2D eigenvalue weighted by molar-refractivity contribution is -0.126. The summed E-state index contributed by atoms with van der Waals surface area (Å²) in [7, 11) is 0. The normalized spacial score (nSPS) is 22.4. The van der Waals surface area contributed by atoms with Gasteiger partial charge >= 0.3 is 0 Å². The molecule has 14 nitrogen and oxygen atoms in total. The Balaban J connectivity index is 0.735. The van der Waals surface area contributed by atoms with Crippen molar-refractivity contribution >= 4 is 34.7 Å². The van der Waals surface area contributed by atoms with Crippen molar-refractivity contribution in [3.05, 3.63) is 77.7 Å². The molecule has 54 heavy (non-hydrogen) atoms. The van der Waals surface area contributed by atoms with E-state index in [1.54, 1.807) is 24.5 Å². The summed E-state index contributed by atoms with van der Waals surface area (Å²) < 4.78 is 8.06. The highest BCUT2D eigenvalue weighted by Crippen LogP contribution is 2.36. The quantitative estimate of drug-likeness (QED) is 0.164. The first kappa shape index (κ1) is 36.0. The van der Waals surface area contributed by atoms with Crippen LogP contribution in [0.3, 0.4) is 0 Å². The molecule has 1 atom stereocenters. The van der Waals surface area contributed by atoms with Crippen LogP contribution in [0.1, 0.15) is 77.3 Å². The highest BCUT2D eigenvalue weighted by molar-refractivity contribution is 6.23. The lowest BCUT2D eigenvalue weighted by atomic mass is 9.90. The molecule has 1 aliphatic carbocycles. The zero-order chi connectivity index (χ0) is 37.0. The fourth-order valence-electron chi connectivity index (χ4n) is 8.53. The number of nitrogens with zero attached hydrogens (tertiary/aromatic N) is 7. The topological polar surface area (TPSA) is 155 Å². The van der Waals surface area contributed by atoms with Gasteiger partial charge in [0.05, 0.1) is 35.9 Å². The number of nitrogens with one attached hydrogen (secondary N) is 2. The van der Waals surface area contributed by atoms with Crippen LogP contribution in [-0.4, -0.2) is 123 Å². The largest absolute Gasteiger partial charge is 0.364 e. The van der Waals surface area contributed by atoms with Gasteiger partial charge in [0.15, 0.2) is 5.65 Å². The average molecular weight is 734 g/mol. The van der Waals surface area contributed by atoms with E-state index >= 15 is 0 Å². The first-order valence-corrected chi connectivity index (χ1v) is 19.3. The summed E-state index contributed by atoms with van der Waals surface area (Å²) in [6, 6.07) is 15.5. The number of carbonyl (C=O) groups is 4. The molecule has 4 aliphatic rings. The minimum atomic E-state index is -0.794. The summed E-state index contributed by atoms with van der Waals surface area (Å²) in [5.74, 6) is -1.35. The molecule has 4 amide bonds. The third-order valence-corrected chi connectivity index (χ3v) is 11.4. The number of carbonyl (C=O) groups excluding carboxylic acids is 4. The molecule has 5 heterocycles. The van der Waals surface area contributed by atoms with E-state index in [2.05, 4.69) is 47.2 Å². The number of piperazine rings is 1. The van der Waals surface area contributed by atoms with Crippen molar-refractivity contribution in [1.29, 1.82) is 0 Å². The summed E-state index contributed by atoms with van der Waals surface area (Å²) in [5, 5.41) is 11.7. The van der Waals surface area contributed by atoms with Crippen LogP contribution in [0.2, 0.25) is 0 Å². The molecule has 1 saturated carbocycles. The summed E-state index contributed by atoms with van der Waals surface area (Å²) in [6.07, 6.45) is 9.54. The SMILES string of the molecule is O=C(CCc1cccc2c1C(=O)N(C1CCCNC1=O)C2=O)NCCOCN1CCN(C2CCC(n3nc(-c4ccccc4)c4cncnc43)CC2)CC1. The van der Waals surface area contributed by atoms with Crippen molar-refractivity contribution in [2.75, 3.05) is 52.6 Å². The van der Waals surface area contributed by atoms with Gasteiger partial charge in [-0.3, -0.25) is 33.9 Å².